The molecule has 0 aliphatic rings. The molecule has 126 valence electrons. The number of hydrogen-bond acceptors (Lipinski definition) is 3. The minimum atomic E-state index is -0.180. The summed E-state index contributed by atoms with van der Waals surface area (Å²) in [7, 11) is 3.19. The van der Waals surface area contributed by atoms with E-state index in [0.29, 0.717) is 17.4 Å². The van der Waals surface area contributed by atoms with E-state index >= 15 is 0 Å². The lowest BCUT2D eigenvalue weighted by Gasteiger charge is -2.12. The van der Waals surface area contributed by atoms with E-state index in [1.165, 1.54) is 6.08 Å². The van der Waals surface area contributed by atoms with Crippen LogP contribution in [0.15, 0.2) is 48.5 Å². The summed E-state index contributed by atoms with van der Waals surface area (Å²) >= 11 is 0. The molecule has 0 saturated heterocycles. The van der Waals surface area contributed by atoms with Crippen molar-refractivity contribution in [2.75, 3.05) is 19.5 Å². The van der Waals surface area contributed by atoms with Crippen molar-refractivity contribution in [2.24, 2.45) is 0 Å². The molecule has 0 atom stereocenters. The molecule has 24 heavy (non-hydrogen) atoms. The van der Waals surface area contributed by atoms with E-state index in [2.05, 4.69) is 19.2 Å². The highest BCUT2D eigenvalue weighted by Gasteiger charge is 2.08. The molecule has 2 aromatic carbocycles. The van der Waals surface area contributed by atoms with Crippen LogP contribution in [-0.2, 0) is 4.79 Å². The predicted octanol–water partition coefficient (Wildman–Crippen LogP) is 4.48. The van der Waals surface area contributed by atoms with Crippen LogP contribution >= 0.6 is 0 Å². The van der Waals surface area contributed by atoms with Gasteiger partial charge >= 0.3 is 0 Å². The highest BCUT2D eigenvalue weighted by atomic mass is 16.5. The second kappa shape index (κ2) is 8.20. The Kier molecular flexibility index (Phi) is 6.01. The van der Waals surface area contributed by atoms with Gasteiger partial charge < -0.3 is 14.8 Å². The number of anilines is 1. The van der Waals surface area contributed by atoms with E-state index in [1.807, 2.05) is 36.4 Å². The molecule has 2 aromatic rings. The van der Waals surface area contributed by atoms with Gasteiger partial charge in [0, 0.05) is 23.4 Å². The number of ether oxygens (including phenoxy) is 2. The van der Waals surface area contributed by atoms with Crippen LogP contribution in [0, 0.1) is 0 Å². The first kappa shape index (κ1) is 17.6. The molecule has 4 nitrogen and oxygen atoms in total. The first-order chi connectivity index (χ1) is 11.5. The topological polar surface area (TPSA) is 47.6 Å². The van der Waals surface area contributed by atoms with E-state index < -0.39 is 0 Å². The first-order valence-electron chi connectivity index (χ1n) is 7.85. The first-order valence-corrected chi connectivity index (χ1v) is 7.85. The van der Waals surface area contributed by atoms with E-state index in [0.717, 1.165) is 16.8 Å². The molecule has 0 unspecified atom stereocenters. The summed E-state index contributed by atoms with van der Waals surface area (Å²) < 4.78 is 10.5. The third kappa shape index (κ3) is 4.38. The summed E-state index contributed by atoms with van der Waals surface area (Å²) in [4.78, 5) is 12.2. The third-order valence-corrected chi connectivity index (χ3v) is 3.70. The molecule has 0 aliphatic heterocycles. The highest BCUT2D eigenvalue weighted by Crippen LogP contribution is 2.26. The van der Waals surface area contributed by atoms with Gasteiger partial charge in [-0.2, -0.15) is 0 Å². The number of para-hydroxylation sites is 1. The lowest BCUT2D eigenvalue weighted by atomic mass is 10.0. The molecule has 2 rings (SSSR count). The Bertz CT molecular complexity index is 735. The van der Waals surface area contributed by atoms with Crippen LogP contribution in [0.25, 0.3) is 6.08 Å². The molecule has 4 heteroatoms. The van der Waals surface area contributed by atoms with Gasteiger partial charge in [0.2, 0.25) is 5.91 Å². The quantitative estimate of drug-likeness (QED) is 0.797. The molecule has 1 N–H and O–H groups in total. The lowest BCUT2D eigenvalue weighted by Crippen LogP contribution is -2.10. The maximum absolute atomic E-state index is 12.2. The van der Waals surface area contributed by atoms with Gasteiger partial charge in [0.1, 0.15) is 11.5 Å². The van der Waals surface area contributed by atoms with E-state index in [4.69, 9.17) is 9.47 Å². The number of rotatable bonds is 6. The summed E-state index contributed by atoms with van der Waals surface area (Å²) in [5, 5.41) is 2.93. The Morgan fingerprint density at radius 2 is 1.83 bits per heavy atom. The maximum Gasteiger partial charge on any atom is 0.248 e. The molecule has 0 fully saturated rings. The van der Waals surface area contributed by atoms with Crippen LogP contribution < -0.4 is 14.8 Å². The summed E-state index contributed by atoms with van der Waals surface area (Å²) in [6.45, 7) is 4.20. The number of hydrogen-bond donors (Lipinski definition) is 1. The lowest BCUT2D eigenvalue weighted by molar-refractivity contribution is -0.111. The summed E-state index contributed by atoms with van der Waals surface area (Å²) in [6, 6.07) is 13.3. The monoisotopic (exact) mass is 325 g/mol. The highest BCUT2D eigenvalue weighted by molar-refractivity contribution is 6.02. The van der Waals surface area contributed by atoms with Crippen molar-refractivity contribution in [3.8, 4) is 11.5 Å². The fourth-order valence-electron chi connectivity index (χ4n) is 2.41. The van der Waals surface area contributed by atoms with E-state index in [9.17, 15) is 4.79 Å². The predicted molar refractivity (Wildman–Crippen MR) is 97.7 cm³/mol. The van der Waals surface area contributed by atoms with Crippen molar-refractivity contribution in [2.45, 2.75) is 19.8 Å². The zero-order valence-electron chi connectivity index (χ0n) is 14.5. The van der Waals surface area contributed by atoms with Crippen molar-refractivity contribution < 1.29 is 14.3 Å². The Balaban J connectivity index is 2.14. The van der Waals surface area contributed by atoms with Crippen molar-refractivity contribution in [1.29, 1.82) is 0 Å². The Morgan fingerprint density at radius 1 is 1.08 bits per heavy atom. The van der Waals surface area contributed by atoms with Gasteiger partial charge in [0.25, 0.3) is 0 Å². The zero-order valence-corrected chi connectivity index (χ0v) is 14.5. The van der Waals surface area contributed by atoms with Gasteiger partial charge in [-0.15, -0.1) is 0 Å². The minimum absolute atomic E-state index is 0.180. The molecule has 1 amide bonds. The maximum atomic E-state index is 12.2. The van der Waals surface area contributed by atoms with Crippen LogP contribution in [0.3, 0.4) is 0 Å². The number of benzene rings is 2. The van der Waals surface area contributed by atoms with Gasteiger partial charge in [0.05, 0.1) is 14.2 Å². The number of nitrogens with one attached hydrogen (secondary N) is 1. The fourth-order valence-corrected chi connectivity index (χ4v) is 2.41. The third-order valence-electron chi connectivity index (χ3n) is 3.70. The zero-order chi connectivity index (χ0) is 17.5. The van der Waals surface area contributed by atoms with Crippen molar-refractivity contribution in [3.63, 3.8) is 0 Å². The van der Waals surface area contributed by atoms with Crippen LogP contribution in [0.4, 0.5) is 5.69 Å². The van der Waals surface area contributed by atoms with Gasteiger partial charge in [-0.25, -0.2) is 0 Å². The average molecular weight is 325 g/mol. The van der Waals surface area contributed by atoms with Crippen molar-refractivity contribution in [1.82, 2.24) is 0 Å². The number of carbonyl (C=O) groups excluding carboxylic acids is 1. The van der Waals surface area contributed by atoms with E-state index in [-0.39, 0.29) is 5.91 Å². The van der Waals surface area contributed by atoms with Crippen molar-refractivity contribution >= 4 is 17.7 Å². The molecule has 0 saturated carbocycles. The molecule has 0 bridgehead atoms. The summed E-state index contributed by atoms with van der Waals surface area (Å²) in [5.74, 6) is 1.52. The Hall–Kier alpha value is -2.75. The molecular formula is C20H23NO3. The van der Waals surface area contributed by atoms with Crippen LogP contribution in [0.2, 0.25) is 0 Å². The normalized spacial score (nSPS) is 10.9. The van der Waals surface area contributed by atoms with Gasteiger partial charge in [0.15, 0.2) is 0 Å². The number of carbonyl (C=O) groups is 1. The number of methoxy groups -OCH3 is 2. The van der Waals surface area contributed by atoms with Crippen molar-refractivity contribution in [3.05, 3.63) is 59.7 Å². The van der Waals surface area contributed by atoms with Crippen LogP contribution in [0.5, 0.6) is 11.5 Å². The van der Waals surface area contributed by atoms with Gasteiger partial charge in [-0.1, -0.05) is 32.0 Å². The largest absolute Gasteiger partial charge is 0.497 e. The molecule has 0 heterocycles. The molecule has 0 radical (unpaired) electrons. The van der Waals surface area contributed by atoms with Gasteiger partial charge in [-0.3, -0.25) is 4.79 Å². The average Bonchev–Trinajstić information content (AvgIpc) is 2.60. The van der Waals surface area contributed by atoms with Crippen LogP contribution in [0.1, 0.15) is 30.9 Å². The molecular weight excluding hydrogens is 302 g/mol. The molecule has 0 aromatic heterocycles. The number of amides is 1. The summed E-state index contributed by atoms with van der Waals surface area (Å²) in [5.41, 5.74) is 2.76. The fraction of sp³-hybridized carbons (Fsp3) is 0.250. The Labute approximate surface area is 143 Å². The molecule has 0 spiro atoms. The second-order valence-electron chi connectivity index (χ2n) is 5.67. The minimum Gasteiger partial charge on any atom is -0.497 e. The van der Waals surface area contributed by atoms with E-state index in [1.54, 1.807) is 26.4 Å². The van der Waals surface area contributed by atoms with Crippen LogP contribution in [-0.4, -0.2) is 20.1 Å². The van der Waals surface area contributed by atoms with Gasteiger partial charge in [-0.05, 0) is 35.8 Å². The second-order valence-corrected chi connectivity index (χ2v) is 5.67. The summed E-state index contributed by atoms with van der Waals surface area (Å²) in [6.07, 6.45) is 3.23. The molecule has 0 aliphatic carbocycles. The smallest absolute Gasteiger partial charge is 0.248 e. The SMILES string of the molecule is COc1ccc(/C=C/C(=O)Nc2ccccc2C(C)C)c(OC)c1. The standard InChI is InChI=1S/C20H23NO3/c1-14(2)17-7-5-6-8-18(17)21-20(22)12-10-15-9-11-16(23-3)13-19(15)24-4/h5-14H,1-4H3,(H,21,22)/b12-10+. The Morgan fingerprint density at radius 3 is 2.50 bits per heavy atom.